The number of hydrogen-bond acceptors (Lipinski definition) is 4. The second kappa shape index (κ2) is 6.69. The minimum absolute atomic E-state index is 0.00704. The monoisotopic (exact) mass is 244 g/mol. The summed E-state index contributed by atoms with van der Waals surface area (Å²) < 4.78 is 0. The van der Waals surface area contributed by atoms with E-state index in [-0.39, 0.29) is 13.2 Å². The molecule has 0 aromatic rings. The molecule has 0 bridgehead atoms. The molecule has 0 aliphatic carbocycles. The summed E-state index contributed by atoms with van der Waals surface area (Å²) in [6.45, 7) is 6.44. The van der Waals surface area contributed by atoms with E-state index in [0.29, 0.717) is 12.0 Å². The zero-order valence-corrected chi connectivity index (χ0v) is 11.4. The summed E-state index contributed by atoms with van der Waals surface area (Å²) in [5.41, 5.74) is -0.518. The van der Waals surface area contributed by atoms with Crippen LogP contribution in [0.2, 0.25) is 0 Å². The van der Waals surface area contributed by atoms with Gasteiger partial charge >= 0.3 is 0 Å². The van der Waals surface area contributed by atoms with Gasteiger partial charge in [-0.1, -0.05) is 6.92 Å². The van der Waals surface area contributed by atoms with Crippen molar-refractivity contribution in [1.29, 1.82) is 0 Å². The first-order valence-electron chi connectivity index (χ1n) is 6.75. The van der Waals surface area contributed by atoms with Gasteiger partial charge in [0.2, 0.25) is 0 Å². The Balaban J connectivity index is 2.54. The van der Waals surface area contributed by atoms with Crippen molar-refractivity contribution < 1.29 is 10.2 Å². The zero-order chi connectivity index (χ0) is 12.9. The van der Waals surface area contributed by atoms with Crippen molar-refractivity contribution in [2.45, 2.75) is 44.7 Å². The Morgan fingerprint density at radius 2 is 2.06 bits per heavy atom. The molecule has 0 saturated carbocycles. The minimum atomic E-state index is -0.518. The van der Waals surface area contributed by atoms with Crippen molar-refractivity contribution in [3.05, 3.63) is 0 Å². The number of nitrogens with one attached hydrogen (secondary N) is 1. The summed E-state index contributed by atoms with van der Waals surface area (Å²) in [6.07, 6.45) is 3.21. The Bertz CT molecular complexity index is 211. The number of nitrogens with zero attached hydrogens (tertiary/aromatic N) is 1. The van der Waals surface area contributed by atoms with Crippen LogP contribution in [-0.2, 0) is 0 Å². The van der Waals surface area contributed by atoms with Gasteiger partial charge in [0, 0.05) is 12.6 Å². The normalized spacial score (nSPS) is 24.9. The molecule has 1 saturated heterocycles. The van der Waals surface area contributed by atoms with Gasteiger partial charge in [-0.25, -0.2) is 0 Å². The van der Waals surface area contributed by atoms with E-state index in [0.717, 1.165) is 13.0 Å². The van der Waals surface area contributed by atoms with Crippen LogP contribution >= 0.6 is 0 Å². The van der Waals surface area contributed by atoms with Crippen LogP contribution in [0.4, 0.5) is 0 Å². The molecule has 2 unspecified atom stereocenters. The smallest absolute Gasteiger partial charge is 0.0647 e. The van der Waals surface area contributed by atoms with Crippen LogP contribution in [0.3, 0.4) is 0 Å². The van der Waals surface area contributed by atoms with Gasteiger partial charge in [-0.2, -0.15) is 0 Å². The first kappa shape index (κ1) is 14.9. The fourth-order valence-electron chi connectivity index (χ4n) is 2.68. The number of hydrogen-bond donors (Lipinski definition) is 3. The largest absolute Gasteiger partial charge is 0.394 e. The van der Waals surface area contributed by atoms with E-state index in [1.54, 1.807) is 0 Å². The summed E-state index contributed by atoms with van der Waals surface area (Å²) in [7, 11) is 2.16. The molecule has 1 heterocycles. The summed E-state index contributed by atoms with van der Waals surface area (Å²) in [5.74, 6) is 0.609. The highest BCUT2D eigenvalue weighted by Crippen LogP contribution is 2.21. The summed E-state index contributed by atoms with van der Waals surface area (Å²) in [4.78, 5) is 2.36. The molecular weight excluding hydrogens is 216 g/mol. The summed E-state index contributed by atoms with van der Waals surface area (Å²) >= 11 is 0. The summed E-state index contributed by atoms with van der Waals surface area (Å²) in [6, 6.07) is 0.331. The van der Waals surface area contributed by atoms with Gasteiger partial charge < -0.3 is 20.4 Å². The SMILES string of the molecule is CCC(CO)(CO)NC(C)C1CCCN(C)C1. The predicted molar refractivity (Wildman–Crippen MR) is 70.0 cm³/mol. The average Bonchev–Trinajstić information content (AvgIpc) is 2.36. The minimum Gasteiger partial charge on any atom is -0.394 e. The standard InChI is InChI=1S/C13H28N2O2/c1-4-13(9-16,10-17)14-11(2)12-6-5-7-15(3)8-12/h11-12,14,16-17H,4-10H2,1-3H3. The second-order valence-corrected chi connectivity index (χ2v) is 5.55. The third kappa shape index (κ3) is 3.91. The van der Waals surface area contributed by atoms with Crippen LogP contribution in [0.5, 0.6) is 0 Å². The summed E-state index contributed by atoms with van der Waals surface area (Å²) in [5, 5.41) is 22.3. The number of aliphatic hydroxyl groups is 2. The van der Waals surface area contributed by atoms with E-state index in [9.17, 15) is 10.2 Å². The Kier molecular flexibility index (Phi) is 5.86. The molecule has 0 aromatic heterocycles. The molecule has 0 aromatic carbocycles. The highest BCUT2D eigenvalue weighted by molar-refractivity contribution is 4.91. The molecule has 1 aliphatic rings. The van der Waals surface area contributed by atoms with E-state index in [1.807, 2.05) is 6.92 Å². The number of likely N-dealkylation sites (tertiary alicyclic amines) is 1. The molecule has 1 fully saturated rings. The molecule has 4 heteroatoms. The Morgan fingerprint density at radius 3 is 2.53 bits per heavy atom. The quantitative estimate of drug-likeness (QED) is 0.634. The maximum atomic E-state index is 9.44. The lowest BCUT2D eigenvalue weighted by atomic mass is 9.88. The maximum absolute atomic E-state index is 9.44. The van der Waals surface area contributed by atoms with Crippen LogP contribution in [0.15, 0.2) is 0 Å². The first-order chi connectivity index (χ1) is 8.06. The van der Waals surface area contributed by atoms with Crippen LogP contribution in [0, 0.1) is 5.92 Å². The highest BCUT2D eigenvalue weighted by atomic mass is 16.3. The van der Waals surface area contributed by atoms with Gasteiger partial charge in [-0.3, -0.25) is 0 Å². The molecule has 0 amide bonds. The van der Waals surface area contributed by atoms with E-state index in [1.165, 1.54) is 19.4 Å². The lowest BCUT2D eigenvalue weighted by Crippen LogP contribution is -2.57. The van der Waals surface area contributed by atoms with Gasteiger partial charge in [0.05, 0.1) is 18.8 Å². The maximum Gasteiger partial charge on any atom is 0.0647 e. The number of aliphatic hydroxyl groups excluding tert-OH is 2. The van der Waals surface area contributed by atoms with Crippen molar-refractivity contribution in [3.8, 4) is 0 Å². The van der Waals surface area contributed by atoms with Crippen molar-refractivity contribution >= 4 is 0 Å². The fourth-order valence-corrected chi connectivity index (χ4v) is 2.68. The molecule has 0 radical (unpaired) electrons. The lowest BCUT2D eigenvalue weighted by molar-refractivity contribution is 0.0631. The number of piperidine rings is 1. The van der Waals surface area contributed by atoms with E-state index in [2.05, 4.69) is 24.2 Å². The molecule has 3 N–H and O–H groups in total. The van der Waals surface area contributed by atoms with Gasteiger partial charge in [-0.05, 0) is 45.7 Å². The van der Waals surface area contributed by atoms with Crippen LogP contribution in [0.1, 0.15) is 33.1 Å². The second-order valence-electron chi connectivity index (χ2n) is 5.55. The topological polar surface area (TPSA) is 55.7 Å². The Morgan fingerprint density at radius 1 is 1.41 bits per heavy atom. The Labute approximate surface area is 105 Å². The zero-order valence-electron chi connectivity index (χ0n) is 11.4. The third-order valence-corrected chi connectivity index (χ3v) is 4.18. The van der Waals surface area contributed by atoms with Gasteiger partial charge in [-0.15, -0.1) is 0 Å². The van der Waals surface area contributed by atoms with Gasteiger partial charge in [0.15, 0.2) is 0 Å². The molecule has 1 rings (SSSR count). The van der Waals surface area contributed by atoms with Crippen LogP contribution in [0.25, 0.3) is 0 Å². The first-order valence-corrected chi connectivity index (χ1v) is 6.75. The molecule has 4 nitrogen and oxygen atoms in total. The average molecular weight is 244 g/mol. The molecule has 2 atom stereocenters. The Hall–Kier alpha value is -0.160. The van der Waals surface area contributed by atoms with Crippen LogP contribution < -0.4 is 5.32 Å². The predicted octanol–water partition coefficient (Wildman–Crippen LogP) is 0.440. The van der Waals surface area contributed by atoms with Crippen LogP contribution in [-0.4, -0.2) is 60.0 Å². The lowest BCUT2D eigenvalue weighted by Gasteiger charge is -2.39. The highest BCUT2D eigenvalue weighted by Gasteiger charge is 2.31. The van der Waals surface area contributed by atoms with Crippen molar-refractivity contribution in [2.75, 3.05) is 33.4 Å². The van der Waals surface area contributed by atoms with Crippen molar-refractivity contribution in [1.82, 2.24) is 10.2 Å². The van der Waals surface area contributed by atoms with Gasteiger partial charge in [0.25, 0.3) is 0 Å². The van der Waals surface area contributed by atoms with E-state index in [4.69, 9.17) is 0 Å². The molecule has 102 valence electrons. The number of rotatable bonds is 6. The van der Waals surface area contributed by atoms with Gasteiger partial charge in [0.1, 0.15) is 0 Å². The molecule has 0 spiro atoms. The fraction of sp³-hybridized carbons (Fsp3) is 1.00. The molecular formula is C13H28N2O2. The van der Waals surface area contributed by atoms with E-state index < -0.39 is 5.54 Å². The third-order valence-electron chi connectivity index (χ3n) is 4.18. The van der Waals surface area contributed by atoms with Crippen molar-refractivity contribution in [2.24, 2.45) is 5.92 Å². The molecule has 17 heavy (non-hydrogen) atoms. The molecule has 1 aliphatic heterocycles. The van der Waals surface area contributed by atoms with E-state index >= 15 is 0 Å². The van der Waals surface area contributed by atoms with Crippen molar-refractivity contribution in [3.63, 3.8) is 0 Å².